The van der Waals surface area contributed by atoms with Crippen LogP contribution in [0.15, 0.2) is 78.9 Å². The zero-order chi connectivity index (χ0) is 25.1. The van der Waals surface area contributed by atoms with Gasteiger partial charge in [0.05, 0.1) is 12.5 Å². The van der Waals surface area contributed by atoms with Gasteiger partial charge in [0, 0.05) is 44.8 Å². The third kappa shape index (κ3) is 5.84. The number of halogens is 1. The molecule has 2 heterocycles. The largest absolute Gasteiger partial charge is 0.339 e. The topological polar surface area (TPSA) is 87.0 Å². The quantitative estimate of drug-likeness (QED) is 0.561. The Morgan fingerprint density at radius 3 is 1.92 bits per heavy atom. The molecule has 192 valence electrons. The Hall–Kier alpha value is -3.68. The van der Waals surface area contributed by atoms with Gasteiger partial charge in [0.15, 0.2) is 0 Å². The van der Waals surface area contributed by atoms with Gasteiger partial charge in [0.1, 0.15) is 0 Å². The van der Waals surface area contributed by atoms with Crippen LogP contribution >= 0.6 is 12.4 Å². The second kappa shape index (κ2) is 11.6. The zero-order valence-electron chi connectivity index (χ0n) is 20.6. The van der Waals surface area contributed by atoms with Gasteiger partial charge >= 0.3 is 0 Å². The van der Waals surface area contributed by atoms with Crippen molar-refractivity contribution in [3.63, 3.8) is 0 Å². The van der Waals surface area contributed by atoms with E-state index >= 15 is 0 Å². The molecule has 0 aromatic heterocycles. The molecule has 2 aliphatic heterocycles. The molecule has 0 radical (unpaired) electrons. The SMILES string of the molecule is Cl.N[C@@H](CC(=O)N1CCN(C(=O)c2cccc(-c3ccccc3)c2)CC1)C(=O)N1Cc2ccccc2C1. The smallest absolute Gasteiger partial charge is 0.253 e. The van der Waals surface area contributed by atoms with Gasteiger partial charge in [-0.05, 0) is 34.4 Å². The molecule has 1 atom stereocenters. The fourth-order valence-corrected chi connectivity index (χ4v) is 4.93. The van der Waals surface area contributed by atoms with Crippen molar-refractivity contribution >= 4 is 30.1 Å². The lowest BCUT2D eigenvalue weighted by atomic mass is 10.0. The summed E-state index contributed by atoms with van der Waals surface area (Å²) in [5.41, 5.74) is 11.1. The highest BCUT2D eigenvalue weighted by Crippen LogP contribution is 2.24. The number of carbonyl (C=O) groups excluding carboxylic acids is 3. The first kappa shape index (κ1) is 26.4. The lowest BCUT2D eigenvalue weighted by Crippen LogP contribution is -2.52. The van der Waals surface area contributed by atoms with Crippen molar-refractivity contribution in [3.8, 4) is 11.1 Å². The fourth-order valence-electron chi connectivity index (χ4n) is 4.93. The molecule has 3 aromatic carbocycles. The first-order chi connectivity index (χ1) is 17.5. The standard InChI is InChI=1S/C29H30N4O3.ClH/c30-26(29(36)33-19-24-9-4-5-10-25(24)20-33)18-27(34)31-13-15-32(16-14-31)28(35)23-12-6-11-22(17-23)21-7-2-1-3-8-21;/h1-12,17,26H,13-16,18-20,30H2;1H/t26-;/m0./s1. The minimum absolute atomic E-state index is 0. The number of piperazine rings is 1. The van der Waals surface area contributed by atoms with E-state index in [-0.39, 0.29) is 36.5 Å². The van der Waals surface area contributed by atoms with Gasteiger partial charge in [-0.25, -0.2) is 0 Å². The van der Waals surface area contributed by atoms with Crippen molar-refractivity contribution in [1.82, 2.24) is 14.7 Å². The number of nitrogens with two attached hydrogens (primary N) is 1. The molecule has 0 spiro atoms. The Kier molecular flexibility index (Phi) is 8.26. The zero-order valence-corrected chi connectivity index (χ0v) is 21.4. The summed E-state index contributed by atoms with van der Waals surface area (Å²) in [7, 11) is 0. The number of hydrogen-bond acceptors (Lipinski definition) is 4. The molecule has 3 aromatic rings. The second-order valence-electron chi connectivity index (χ2n) is 9.39. The number of hydrogen-bond donors (Lipinski definition) is 1. The molecule has 0 unspecified atom stereocenters. The summed E-state index contributed by atoms with van der Waals surface area (Å²) in [6.45, 7) is 2.82. The van der Waals surface area contributed by atoms with Crippen molar-refractivity contribution in [2.45, 2.75) is 25.6 Å². The molecule has 8 heteroatoms. The second-order valence-corrected chi connectivity index (χ2v) is 9.39. The molecular weight excluding hydrogens is 488 g/mol. The summed E-state index contributed by atoms with van der Waals surface area (Å²) in [5.74, 6) is -0.391. The summed E-state index contributed by atoms with van der Waals surface area (Å²) in [5, 5.41) is 0. The molecule has 0 aliphatic carbocycles. The van der Waals surface area contributed by atoms with E-state index in [1.807, 2.05) is 78.9 Å². The Labute approximate surface area is 223 Å². The van der Waals surface area contributed by atoms with E-state index in [2.05, 4.69) is 0 Å². The fraction of sp³-hybridized carbons (Fsp3) is 0.276. The van der Waals surface area contributed by atoms with E-state index in [0.29, 0.717) is 44.8 Å². The highest BCUT2D eigenvalue weighted by Gasteiger charge is 2.31. The molecule has 5 rings (SSSR count). The van der Waals surface area contributed by atoms with Crippen LogP contribution in [0, 0.1) is 0 Å². The lowest BCUT2D eigenvalue weighted by molar-refractivity contribution is -0.139. The maximum atomic E-state index is 13.1. The highest BCUT2D eigenvalue weighted by atomic mass is 35.5. The molecule has 7 nitrogen and oxygen atoms in total. The Bertz CT molecular complexity index is 1250. The molecule has 1 fully saturated rings. The Balaban J connectivity index is 0.00000320. The predicted molar refractivity (Wildman–Crippen MR) is 145 cm³/mol. The number of rotatable bonds is 5. The van der Waals surface area contributed by atoms with E-state index in [9.17, 15) is 14.4 Å². The van der Waals surface area contributed by atoms with Crippen LogP contribution in [0.5, 0.6) is 0 Å². The summed E-state index contributed by atoms with van der Waals surface area (Å²) in [6.07, 6.45) is -0.0290. The van der Waals surface area contributed by atoms with E-state index < -0.39 is 6.04 Å². The number of carbonyl (C=O) groups is 3. The van der Waals surface area contributed by atoms with Crippen molar-refractivity contribution in [3.05, 3.63) is 95.6 Å². The van der Waals surface area contributed by atoms with Crippen LogP contribution in [0.1, 0.15) is 27.9 Å². The van der Waals surface area contributed by atoms with Crippen LogP contribution in [0.25, 0.3) is 11.1 Å². The summed E-state index contributed by atoms with van der Waals surface area (Å²) in [6, 6.07) is 24.7. The summed E-state index contributed by atoms with van der Waals surface area (Å²) < 4.78 is 0. The van der Waals surface area contributed by atoms with E-state index in [1.54, 1.807) is 14.7 Å². The molecule has 2 aliphatic rings. The summed E-state index contributed by atoms with van der Waals surface area (Å²) in [4.78, 5) is 44.0. The highest BCUT2D eigenvalue weighted by molar-refractivity contribution is 5.96. The van der Waals surface area contributed by atoms with Gasteiger partial charge in [-0.1, -0.05) is 66.7 Å². The van der Waals surface area contributed by atoms with E-state index in [4.69, 9.17) is 5.73 Å². The monoisotopic (exact) mass is 518 g/mol. The molecule has 0 saturated carbocycles. The Morgan fingerprint density at radius 2 is 1.27 bits per heavy atom. The van der Waals surface area contributed by atoms with Crippen molar-refractivity contribution in [1.29, 1.82) is 0 Å². The van der Waals surface area contributed by atoms with Crippen molar-refractivity contribution in [2.75, 3.05) is 26.2 Å². The minimum atomic E-state index is -0.868. The van der Waals surface area contributed by atoms with Crippen LogP contribution in [-0.2, 0) is 22.7 Å². The van der Waals surface area contributed by atoms with Crippen molar-refractivity contribution < 1.29 is 14.4 Å². The predicted octanol–water partition coefficient (Wildman–Crippen LogP) is 3.32. The normalized spacial score (nSPS) is 15.5. The third-order valence-corrected chi connectivity index (χ3v) is 7.00. The number of amides is 3. The van der Waals surface area contributed by atoms with Gasteiger partial charge in [-0.3, -0.25) is 14.4 Å². The minimum Gasteiger partial charge on any atom is -0.339 e. The number of benzene rings is 3. The van der Waals surface area contributed by atoms with Crippen LogP contribution in [0.3, 0.4) is 0 Å². The number of fused-ring (bicyclic) bond motifs is 1. The van der Waals surface area contributed by atoms with Gasteiger partial charge < -0.3 is 20.4 Å². The van der Waals surface area contributed by atoms with E-state index in [1.165, 1.54) is 0 Å². The van der Waals surface area contributed by atoms with Crippen LogP contribution in [0.2, 0.25) is 0 Å². The van der Waals surface area contributed by atoms with Crippen molar-refractivity contribution in [2.24, 2.45) is 5.73 Å². The van der Waals surface area contributed by atoms with Gasteiger partial charge in [-0.15, -0.1) is 12.4 Å². The number of nitrogens with zero attached hydrogens (tertiary/aromatic N) is 3. The molecular formula is C29H31ClN4O3. The average molecular weight is 519 g/mol. The van der Waals surface area contributed by atoms with Gasteiger partial charge in [-0.2, -0.15) is 0 Å². The van der Waals surface area contributed by atoms with Gasteiger partial charge in [0.25, 0.3) is 5.91 Å². The van der Waals surface area contributed by atoms with Crippen LogP contribution in [-0.4, -0.2) is 64.6 Å². The van der Waals surface area contributed by atoms with Crippen LogP contribution in [0.4, 0.5) is 0 Å². The molecule has 3 amide bonds. The van der Waals surface area contributed by atoms with Gasteiger partial charge in [0.2, 0.25) is 11.8 Å². The third-order valence-electron chi connectivity index (χ3n) is 7.00. The molecule has 37 heavy (non-hydrogen) atoms. The summed E-state index contributed by atoms with van der Waals surface area (Å²) >= 11 is 0. The average Bonchev–Trinajstić information content (AvgIpc) is 3.37. The lowest BCUT2D eigenvalue weighted by Gasteiger charge is -2.35. The first-order valence-electron chi connectivity index (χ1n) is 12.3. The molecule has 0 bridgehead atoms. The molecule has 1 saturated heterocycles. The maximum absolute atomic E-state index is 13.1. The van der Waals surface area contributed by atoms with E-state index in [0.717, 1.165) is 22.3 Å². The Morgan fingerprint density at radius 1 is 0.703 bits per heavy atom. The maximum Gasteiger partial charge on any atom is 0.253 e. The van der Waals surface area contributed by atoms with Crippen LogP contribution < -0.4 is 5.73 Å². The first-order valence-corrected chi connectivity index (χ1v) is 12.3. The molecule has 2 N–H and O–H groups in total.